The van der Waals surface area contributed by atoms with Crippen LogP contribution in [0.1, 0.15) is 27.2 Å². The number of hydrogen-bond acceptors (Lipinski definition) is 9. The Hall–Kier alpha value is -2.66. The van der Waals surface area contributed by atoms with Crippen LogP contribution in [0.5, 0.6) is 0 Å². The molecule has 0 fully saturated rings. The van der Waals surface area contributed by atoms with Gasteiger partial charge in [0.25, 0.3) is 5.56 Å². The molecule has 0 aliphatic carbocycles. The van der Waals surface area contributed by atoms with E-state index < -0.39 is 11.9 Å². The fourth-order valence-electron chi connectivity index (χ4n) is 2.32. The summed E-state index contributed by atoms with van der Waals surface area (Å²) < 4.78 is 6.20. The molecular formula is C15H15N5O4S2. The summed E-state index contributed by atoms with van der Waals surface area (Å²) in [5.41, 5.74) is 0.123. The SMILES string of the molecule is CCOC(=O)c1sc2ncn(CC(=O)Nc3nnc(C)s3)c(=O)c2c1C. The minimum atomic E-state index is -0.483. The summed E-state index contributed by atoms with van der Waals surface area (Å²) in [5, 5.41) is 11.6. The lowest BCUT2D eigenvalue weighted by Gasteiger charge is -2.05. The van der Waals surface area contributed by atoms with Gasteiger partial charge in [0.1, 0.15) is 21.3 Å². The van der Waals surface area contributed by atoms with E-state index in [9.17, 15) is 14.4 Å². The van der Waals surface area contributed by atoms with Crippen molar-refractivity contribution in [1.29, 1.82) is 0 Å². The number of amides is 1. The van der Waals surface area contributed by atoms with E-state index in [1.807, 2.05) is 0 Å². The number of thiophene rings is 1. The Morgan fingerprint density at radius 3 is 2.69 bits per heavy atom. The molecule has 26 heavy (non-hydrogen) atoms. The number of rotatable bonds is 5. The molecule has 0 spiro atoms. The van der Waals surface area contributed by atoms with Crippen molar-refractivity contribution in [3.63, 3.8) is 0 Å². The monoisotopic (exact) mass is 393 g/mol. The maximum atomic E-state index is 12.7. The van der Waals surface area contributed by atoms with Crippen LogP contribution in [0.3, 0.4) is 0 Å². The van der Waals surface area contributed by atoms with Crippen molar-refractivity contribution < 1.29 is 14.3 Å². The molecule has 0 unspecified atom stereocenters. The van der Waals surface area contributed by atoms with Gasteiger partial charge in [-0.15, -0.1) is 21.5 Å². The Morgan fingerprint density at radius 1 is 1.27 bits per heavy atom. The molecule has 0 aliphatic rings. The highest BCUT2D eigenvalue weighted by Gasteiger charge is 2.21. The van der Waals surface area contributed by atoms with Crippen LogP contribution >= 0.6 is 22.7 Å². The predicted octanol–water partition coefficient (Wildman–Crippen LogP) is 1.74. The van der Waals surface area contributed by atoms with Crippen LogP contribution in [0.2, 0.25) is 0 Å². The number of anilines is 1. The average molecular weight is 393 g/mol. The molecule has 3 heterocycles. The second kappa shape index (κ2) is 7.30. The Bertz CT molecular complexity index is 1050. The van der Waals surface area contributed by atoms with Crippen molar-refractivity contribution in [1.82, 2.24) is 19.7 Å². The van der Waals surface area contributed by atoms with Gasteiger partial charge in [-0.3, -0.25) is 19.5 Å². The van der Waals surface area contributed by atoms with Crippen molar-refractivity contribution in [3.8, 4) is 0 Å². The van der Waals surface area contributed by atoms with Crippen LogP contribution in [0, 0.1) is 13.8 Å². The number of carbonyl (C=O) groups excluding carboxylic acids is 2. The van der Waals surface area contributed by atoms with Gasteiger partial charge in [-0.1, -0.05) is 11.3 Å². The van der Waals surface area contributed by atoms with Crippen LogP contribution in [-0.2, 0) is 16.1 Å². The van der Waals surface area contributed by atoms with Crippen molar-refractivity contribution in [2.45, 2.75) is 27.3 Å². The molecule has 11 heteroatoms. The van der Waals surface area contributed by atoms with Crippen LogP contribution in [0.15, 0.2) is 11.1 Å². The number of nitrogens with zero attached hydrogens (tertiary/aromatic N) is 4. The Kier molecular flexibility index (Phi) is 5.09. The Labute approximate surface area is 155 Å². The largest absolute Gasteiger partial charge is 0.462 e. The third-order valence-electron chi connectivity index (χ3n) is 3.46. The molecule has 0 bridgehead atoms. The molecule has 0 saturated carbocycles. The first-order valence-electron chi connectivity index (χ1n) is 7.66. The molecule has 9 nitrogen and oxygen atoms in total. The van der Waals surface area contributed by atoms with Crippen LogP contribution in [0.25, 0.3) is 10.2 Å². The highest BCUT2D eigenvalue weighted by atomic mass is 32.1. The molecule has 3 aromatic heterocycles. The number of fused-ring (bicyclic) bond motifs is 1. The summed E-state index contributed by atoms with van der Waals surface area (Å²) in [5.74, 6) is -0.897. The van der Waals surface area contributed by atoms with E-state index >= 15 is 0 Å². The minimum absolute atomic E-state index is 0.218. The maximum absolute atomic E-state index is 12.7. The first kappa shape index (κ1) is 18.1. The summed E-state index contributed by atoms with van der Waals surface area (Å²) in [6.07, 6.45) is 1.29. The third kappa shape index (κ3) is 3.48. The van der Waals surface area contributed by atoms with Crippen LogP contribution in [0.4, 0.5) is 5.13 Å². The zero-order valence-corrected chi connectivity index (χ0v) is 15.9. The molecule has 3 rings (SSSR count). The normalized spacial score (nSPS) is 10.9. The maximum Gasteiger partial charge on any atom is 0.348 e. The number of ether oxygens (including phenoxy) is 1. The minimum Gasteiger partial charge on any atom is -0.462 e. The second-order valence-electron chi connectivity index (χ2n) is 5.31. The average Bonchev–Trinajstić information content (AvgIpc) is 3.14. The van der Waals surface area contributed by atoms with E-state index in [-0.39, 0.29) is 18.7 Å². The zero-order chi connectivity index (χ0) is 18.8. The van der Waals surface area contributed by atoms with Gasteiger partial charge in [0.15, 0.2) is 0 Å². The highest BCUT2D eigenvalue weighted by Crippen LogP contribution is 2.27. The number of aromatic nitrogens is 4. The predicted molar refractivity (Wildman–Crippen MR) is 97.8 cm³/mol. The lowest BCUT2D eigenvalue weighted by Crippen LogP contribution is -2.27. The number of esters is 1. The third-order valence-corrected chi connectivity index (χ3v) is 5.40. The van der Waals surface area contributed by atoms with Crippen molar-refractivity contribution in [2.75, 3.05) is 11.9 Å². The first-order valence-corrected chi connectivity index (χ1v) is 9.29. The molecule has 0 saturated heterocycles. The van der Waals surface area contributed by atoms with Gasteiger partial charge in [-0.25, -0.2) is 9.78 Å². The molecule has 3 aromatic rings. The van der Waals surface area contributed by atoms with Crippen molar-refractivity contribution in [3.05, 3.63) is 32.1 Å². The number of carbonyl (C=O) groups is 2. The molecule has 0 radical (unpaired) electrons. The molecule has 0 atom stereocenters. The second-order valence-corrected chi connectivity index (χ2v) is 7.49. The topological polar surface area (TPSA) is 116 Å². The van der Waals surface area contributed by atoms with E-state index in [0.717, 1.165) is 16.3 Å². The smallest absolute Gasteiger partial charge is 0.348 e. The molecular weight excluding hydrogens is 378 g/mol. The van der Waals surface area contributed by atoms with Gasteiger partial charge in [0, 0.05) is 0 Å². The van der Waals surface area contributed by atoms with Gasteiger partial charge in [-0.05, 0) is 26.3 Å². The quantitative estimate of drug-likeness (QED) is 0.656. The van der Waals surface area contributed by atoms with E-state index in [0.29, 0.717) is 25.8 Å². The molecule has 0 aromatic carbocycles. The van der Waals surface area contributed by atoms with E-state index in [1.54, 1.807) is 20.8 Å². The Balaban J connectivity index is 1.89. The van der Waals surface area contributed by atoms with Crippen LogP contribution in [-0.4, -0.2) is 38.2 Å². The summed E-state index contributed by atoms with van der Waals surface area (Å²) in [6, 6.07) is 0. The summed E-state index contributed by atoms with van der Waals surface area (Å²) in [4.78, 5) is 41.8. The van der Waals surface area contributed by atoms with E-state index in [4.69, 9.17) is 4.74 Å². The lowest BCUT2D eigenvalue weighted by molar-refractivity contribution is -0.116. The van der Waals surface area contributed by atoms with Crippen molar-refractivity contribution >= 4 is 49.9 Å². The number of aryl methyl sites for hydroxylation is 2. The van der Waals surface area contributed by atoms with Gasteiger partial charge < -0.3 is 4.74 Å². The molecule has 1 N–H and O–H groups in total. The fraction of sp³-hybridized carbons (Fsp3) is 0.333. The van der Waals surface area contributed by atoms with Gasteiger partial charge in [0.05, 0.1) is 18.3 Å². The summed E-state index contributed by atoms with van der Waals surface area (Å²) in [6.45, 7) is 5.18. The molecule has 1 amide bonds. The van der Waals surface area contributed by atoms with Crippen molar-refractivity contribution in [2.24, 2.45) is 0 Å². The summed E-state index contributed by atoms with van der Waals surface area (Å²) >= 11 is 2.34. The van der Waals surface area contributed by atoms with Gasteiger partial charge in [0.2, 0.25) is 11.0 Å². The fourth-order valence-corrected chi connectivity index (χ4v) is 3.96. The standard InChI is InChI=1S/C15H15N5O4S2/c1-4-24-14(23)11-7(2)10-12(26-11)16-6-20(13(10)22)5-9(21)17-15-19-18-8(3)25-15/h6H,4-5H2,1-3H3,(H,17,19,21). The molecule has 136 valence electrons. The number of nitrogens with one attached hydrogen (secondary N) is 1. The zero-order valence-electron chi connectivity index (χ0n) is 14.2. The molecule has 0 aliphatic heterocycles. The number of hydrogen-bond donors (Lipinski definition) is 1. The van der Waals surface area contributed by atoms with Gasteiger partial charge in [-0.2, -0.15) is 0 Å². The van der Waals surface area contributed by atoms with Gasteiger partial charge >= 0.3 is 5.97 Å². The van der Waals surface area contributed by atoms with Crippen LogP contribution < -0.4 is 10.9 Å². The highest BCUT2D eigenvalue weighted by molar-refractivity contribution is 7.20. The lowest BCUT2D eigenvalue weighted by atomic mass is 10.2. The first-order chi connectivity index (χ1) is 12.4. The van der Waals surface area contributed by atoms with E-state index in [2.05, 4.69) is 20.5 Å². The summed E-state index contributed by atoms with van der Waals surface area (Å²) in [7, 11) is 0. The Morgan fingerprint density at radius 2 is 2.04 bits per heavy atom. The van der Waals surface area contributed by atoms with E-state index in [1.165, 1.54) is 22.2 Å².